The van der Waals surface area contributed by atoms with Gasteiger partial charge in [-0.3, -0.25) is 9.59 Å². The SMILES string of the molecule is Cc1ccc(C)c(/C=c2\s/c(=C\C(=O)C(C)(C)C)n(C)c2=O)c1. The summed E-state index contributed by atoms with van der Waals surface area (Å²) in [7, 11) is 1.71. The van der Waals surface area contributed by atoms with E-state index in [1.165, 1.54) is 11.3 Å². The molecule has 0 spiro atoms. The summed E-state index contributed by atoms with van der Waals surface area (Å²) in [5.41, 5.74) is 2.81. The number of thiazole rings is 1. The van der Waals surface area contributed by atoms with Gasteiger partial charge in [0, 0.05) is 18.5 Å². The standard InChI is InChI=1S/C19H23NO2S/c1-12-7-8-13(2)14(9-12)10-15-18(22)20(6)17(23-15)11-16(21)19(3,4)5/h7-11H,1-6H3/b15-10-,17-11-. The van der Waals surface area contributed by atoms with Crippen molar-refractivity contribution in [1.29, 1.82) is 0 Å². The van der Waals surface area contributed by atoms with Crippen LogP contribution in [-0.2, 0) is 11.8 Å². The van der Waals surface area contributed by atoms with Gasteiger partial charge in [0.05, 0.1) is 4.53 Å². The monoisotopic (exact) mass is 329 g/mol. The average molecular weight is 329 g/mol. The van der Waals surface area contributed by atoms with Crippen LogP contribution in [0.15, 0.2) is 23.0 Å². The number of aromatic nitrogens is 1. The first-order chi connectivity index (χ1) is 10.6. The van der Waals surface area contributed by atoms with Crippen molar-refractivity contribution in [3.05, 3.63) is 54.4 Å². The molecule has 0 aliphatic carbocycles. The van der Waals surface area contributed by atoms with E-state index >= 15 is 0 Å². The van der Waals surface area contributed by atoms with Crippen LogP contribution in [0.4, 0.5) is 0 Å². The lowest BCUT2D eigenvalue weighted by Gasteiger charge is -2.12. The predicted octanol–water partition coefficient (Wildman–Crippen LogP) is 2.29. The van der Waals surface area contributed by atoms with Crippen LogP contribution in [0.3, 0.4) is 0 Å². The Hall–Kier alpha value is -1.94. The van der Waals surface area contributed by atoms with E-state index in [4.69, 9.17) is 0 Å². The number of hydrogen-bond acceptors (Lipinski definition) is 3. The van der Waals surface area contributed by atoms with E-state index in [1.54, 1.807) is 17.7 Å². The molecule has 4 heteroatoms. The lowest BCUT2D eigenvalue weighted by Crippen LogP contribution is -2.30. The molecule has 122 valence electrons. The van der Waals surface area contributed by atoms with Crippen LogP contribution in [0.1, 0.15) is 37.5 Å². The summed E-state index contributed by atoms with van der Waals surface area (Å²) in [6.45, 7) is 9.69. The largest absolute Gasteiger partial charge is 0.302 e. The zero-order valence-corrected chi connectivity index (χ0v) is 15.4. The smallest absolute Gasteiger partial charge is 0.268 e. The quantitative estimate of drug-likeness (QED) is 0.848. The van der Waals surface area contributed by atoms with Gasteiger partial charge < -0.3 is 4.57 Å². The van der Waals surface area contributed by atoms with Gasteiger partial charge in [-0.2, -0.15) is 0 Å². The van der Waals surface area contributed by atoms with E-state index in [9.17, 15) is 9.59 Å². The van der Waals surface area contributed by atoms with E-state index in [0.717, 1.165) is 16.7 Å². The zero-order valence-electron chi connectivity index (χ0n) is 14.6. The third-order valence-corrected chi connectivity index (χ3v) is 4.89. The Balaban J connectivity index is 2.64. The molecule has 2 rings (SSSR count). The minimum Gasteiger partial charge on any atom is -0.302 e. The van der Waals surface area contributed by atoms with Crippen molar-refractivity contribution in [3.63, 3.8) is 0 Å². The number of hydrogen-bond donors (Lipinski definition) is 0. The Bertz CT molecular complexity index is 924. The molecule has 3 nitrogen and oxygen atoms in total. The first-order valence-corrected chi connectivity index (χ1v) is 8.42. The Labute approximate surface area is 140 Å². The molecule has 0 saturated heterocycles. The maximum atomic E-state index is 12.4. The van der Waals surface area contributed by atoms with Gasteiger partial charge in [0.2, 0.25) is 0 Å². The Kier molecular flexibility index (Phi) is 4.76. The van der Waals surface area contributed by atoms with Gasteiger partial charge in [-0.15, -0.1) is 11.3 Å². The first kappa shape index (κ1) is 17.4. The van der Waals surface area contributed by atoms with Crippen molar-refractivity contribution in [1.82, 2.24) is 4.57 Å². The van der Waals surface area contributed by atoms with E-state index in [0.29, 0.717) is 9.20 Å². The number of rotatable bonds is 2. The van der Waals surface area contributed by atoms with Gasteiger partial charge >= 0.3 is 0 Å². The summed E-state index contributed by atoms with van der Waals surface area (Å²) < 4.78 is 2.88. The van der Waals surface area contributed by atoms with E-state index in [2.05, 4.69) is 18.2 Å². The highest BCUT2D eigenvalue weighted by Gasteiger charge is 2.19. The van der Waals surface area contributed by atoms with E-state index in [1.807, 2.05) is 40.7 Å². The third kappa shape index (κ3) is 3.88. The van der Waals surface area contributed by atoms with Crippen molar-refractivity contribution in [2.45, 2.75) is 34.6 Å². The molecule has 0 unspecified atom stereocenters. The predicted molar refractivity (Wildman–Crippen MR) is 97.2 cm³/mol. The van der Waals surface area contributed by atoms with Gasteiger partial charge in [-0.05, 0) is 31.1 Å². The Morgan fingerprint density at radius 2 is 1.87 bits per heavy atom. The number of aryl methyl sites for hydroxylation is 2. The second-order valence-electron chi connectivity index (χ2n) is 6.93. The number of carbonyl (C=O) groups excluding carboxylic acids is 1. The summed E-state index contributed by atoms with van der Waals surface area (Å²) >= 11 is 1.36. The molecule has 0 aliphatic rings. The molecule has 1 heterocycles. The van der Waals surface area contributed by atoms with E-state index < -0.39 is 5.41 Å². The van der Waals surface area contributed by atoms with Crippen molar-refractivity contribution in [3.8, 4) is 0 Å². The number of carbonyl (C=O) groups is 1. The van der Waals surface area contributed by atoms with Gasteiger partial charge in [-0.1, -0.05) is 44.5 Å². The topological polar surface area (TPSA) is 39.1 Å². The molecular weight excluding hydrogens is 306 g/mol. The fourth-order valence-corrected chi connectivity index (χ4v) is 3.11. The minimum atomic E-state index is -0.447. The van der Waals surface area contributed by atoms with Crippen LogP contribution in [0.5, 0.6) is 0 Å². The molecule has 0 radical (unpaired) electrons. The molecule has 2 aromatic rings. The summed E-state index contributed by atoms with van der Waals surface area (Å²) in [4.78, 5) is 24.6. The Morgan fingerprint density at radius 1 is 1.22 bits per heavy atom. The van der Waals surface area contributed by atoms with Gasteiger partial charge in [-0.25, -0.2) is 0 Å². The van der Waals surface area contributed by atoms with Gasteiger partial charge in [0.15, 0.2) is 5.78 Å². The van der Waals surface area contributed by atoms with Crippen molar-refractivity contribution in [2.75, 3.05) is 0 Å². The molecular formula is C19H23NO2S. The third-order valence-electron chi connectivity index (χ3n) is 3.78. The highest BCUT2D eigenvalue weighted by molar-refractivity contribution is 7.07. The number of nitrogens with zero attached hydrogens (tertiary/aromatic N) is 1. The van der Waals surface area contributed by atoms with Gasteiger partial charge in [0.1, 0.15) is 4.66 Å². The van der Waals surface area contributed by atoms with Crippen LogP contribution < -0.4 is 14.8 Å². The number of ketones is 1. The molecule has 0 amide bonds. The molecule has 1 aromatic carbocycles. The Morgan fingerprint density at radius 3 is 2.48 bits per heavy atom. The summed E-state index contributed by atoms with van der Waals surface area (Å²) in [6.07, 6.45) is 3.49. The fourth-order valence-electron chi connectivity index (χ4n) is 2.09. The highest BCUT2D eigenvalue weighted by atomic mass is 32.1. The molecule has 23 heavy (non-hydrogen) atoms. The normalized spacial score (nSPS) is 13.7. The molecule has 0 bridgehead atoms. The summed E-state index contributed by atoms with van der Waals surface area (Å²) in [6, 6.07) is 6.17. The van der Waals surface area contributed by atoms with Crippen LogP contribution in [0.25, 0.3) is 12.2 Å². The van der Waals surface area contributed by atoms with Crippen LogP contribution in [0.2, 0.25) is 0 Å². The molecule has 0 fully saturated rings. The summed E-state index contributed by atoms with van der Waals surface area (Å²) in [5, 5.41) is 0. The first-order valence-electron chi connectivity index (χ1n) is 7.60. The lowest BCUT2D eigenvalue weighted by atomic mass is 9.91. The lowest BCUT2D eigenvalue weighted by molar-refractivity contribution is -0.120. The van der Waals surface area contributed by atoms with Crippen LogP contribution in [-0.4, -0.2) is 10.4 Å². The minimum absolute atomic E-state index is 0.0210. The molecule has 1 aromatic heterocycles. The van der Waals surface area contributed by atoms with Crippen LogP contribution in [0, 0.1) is 19.3 Å². The fraction of sp³-hybridized carbons (Fsp3) is 0.368. The average Bonchev–Trinajstić information content (AvgIpc) is 2.70. The molecule has 0 N–H and O–H groups in total. The van der Waals surface area contributed by atoms with Gasteiger partial charge in [0.25, 0.3) is 5.56 Å². The van der Waals surface area contributed by atoms with E-state index in [-0.39, 0.29) is 11.3 Å². The maximum absolute atomic E-state index is 12.4. The van der Waals surface area contributed by atoms with Crippen molar-refractivity contribution < 1.29 is 4.79 Å². The molecule has 0 aliphatic heterocycles. The van der Waals surface area contributed by atoms with Crippen molar-refractivity contribution >= 4 is 29.3 Å². The highest BCUT2D eigenvalue weighted by Crippen LogP contribution is 2.15. The zero-order chi connectivity index (χ0) is 17.4. The molecule has 0 saturated carbocycles. The summed E-state index contributed by atoms with van der Waals surface area (Å²) in [5.74, 6) is 0.0210. The molecule has 0 atom stereocenters. The second-order valence-corrected chi connectivity index (χ2v) is 7.99. The number of Topliss-reactive ketones (excluding diaryl/α,β-unsaturated/α-hetero) is 1. The number of benzene rings is 1. The second kappa shape index (κ2) is 6.28. The van der Waals surface area contributed by atoms with Crippen molar-refractivity contribution in [2.24, 2.45) is 12.5 Å². The van der Waals surface area contributed by atoms with Crippen LogP contribution >= 0.6 is 11.3 Å². The maximum Gasteiger partial charge on any atom is 0.268 e.